The molecule has 3 aromatic rings. The molecule has 1 aliphatic heterocycles. The Morgan fingerprint density at radius 3 is 2.13 bits per heavy atom. The molecule has 2 fully saturated rings. The molecule has 1 saturated heterocycles. The average Bonchev–Trinajstić information content (AvgIpc) is 2.96. The molecular formula is C35H41NO2. The van der Waals surface area contributed by atoms with Gasteiger partial charge in [-0.1, -0.05) is 78.7 Å². The smallest absolute Gasteiger partial charge is 0.251 e. The van der Waals surface area contributed by atoms with Crippen molar-refractivity contribution in [2.75, 3.05) is 13.2 Å². The number of carbonyl (C=O) groups excluding carboxylic acids is 1. The van der Waals surface area contributed by atoms with E-state index in [0.717, 1.165) is 43.1 Å². The van der Waals surface area contributed by atoms with E-state index in [-0.39, 0.29) is 11.9 Å². The third-order valence-corrected chi connectivity index (χ3v) is 8.46. The van der Waals surface area contributed by atoms with Crippen molar-refractivity contribution in [1.82, 2.24) is 5.32 Å². The Morgan fingerprint density at radius 2 is 1.47 bits per heavy atom. The normalized spacial score (nSPS) is 19.1. The standard InChI is InChI=1S/C35H41NO2/c1-24-7-11-29(12-8-24)34(30-13-9-25(2)10-14-30)31-17-15-27(16-18-31)26(3)36-35(37)33-6-4-5-32(23-33)28-19-21-38-22-20-28/h4-8,11-12,15-18,23,25-26,28H,9-10,13-14,19-22H2,1-3H3,(H,36,37)/t25?,26-/m1/s1. The lowest BCUT2D eigenvalue weighted by molar-refractivity contribution is 0.0853. The Hall–Kier alpha value is -3.17. The molecule has 3 aromatic carbocycles. The highest BCUT2D eigenvalue weighted by Crippen LogP contribution is 2.37. The van der Waals surface area contributed by atoms with E-state index in [2.05, 4.69) is 86.8 Å². The van der Waals surface area contributed by atoms with Gasteiger partial charge in [0, 0.05) is 18.8 Å². The van der Waals surface area contributed by atoms with Crippen LogP contribution in [0.5, 0.6) is 0 Å². The molecule has 2 aliphatic rings. The van der Waals surface area contributed by atoms with Gasteiger partial charge in [0.2, 0.25) is 0 Å². The summed E-state index contributed by atoms with van der Waals surface area (Å²) in [5.74, 6) is 1.27. The van der Waals surface area contributed by atoms with Gasteiger partial charge in [-0.25, -0.2) is 0 Å². The summed E-state index contributed by atoms with van der Waals surface area (Å²) in [6, 6.07) is 25.8. The number of nitrogens with one attached hydrogen (secondary N) is 1. The fourth-order valence-corrected chi connectivity index (χ4v) is 5.92. The van der Waals surface area contributed by atoms with Crippen molar-refractivity contribution in [3.05, 3.63) is 112 Å². The van der Waals surface area contributed by atoms with Crippen LogP contribution in [0.25, 0.3) is 5.57 Å². The summed E-state index contributed by atoms with van der Waals surface area (Å²) in [6.07, 6.45) is 6.92. The van der Waals surface area contributed by atoms with E-state index in [4.69, 9.17) is 4.74 Å². The third kappa shape index (κ3) is 6.27. The van der Waals surface area contributed by atoms with E-state index in [9.17, 15) is 4.79 Å². The van der Waals surface area contributed by atoms with Gasteiger partial charge in [-0.15, -0.1) is 0 Å². The number of hydrogen-bond donors (Lipinski definition) is 1. The molecule has 1 aliphatic carbocycles. The predicted octanol–water partition coefficient (Wildman–Crippen LogP) is 8.39. The lowest BCUT2D eigenvalue weighted by Gasteiger charge is -2.25. The minimum Gasteiger partial charge on any atom is -0.381 e. The molecule has 3 heteroatoms. The highest BCUT2D eigenvalue weighted by Gasteiger charge is 2.20. The van der Waals surface area contributed by atoms with Crippen molar-refractivity contribution in [3.8, 4) is 0 Å². The summed E-state index contributed by atoms with van der Waals surface area (Å²) < 4.78 is 5.51. The molecule has 0 unspecified atom stereocenters. The molecule has 1 atom stereocenters. The second-order valence-electron chi connectivity index (χ2n) is 11.4. The van der Waals surface area contributed by atoms with Gasteiger partial charge in [0.15, 0.2) is 0 Å². The molecule has 1 saturated carbocycles. The fraction of sp³-hybridized carbons (Fsp3) is 0.400. The van der Waals surface area contributed by atoms with Crippen molar-refractivity contribution < 1.29 is 9.53 Å². The zero-order chi connectivity index (χ0) is 26.5. The van der Waals surface area contributed by atoms with E-state index in [1.165, 1.54) is 53.5 Å². The SMILES string of the molecule is Cc1ccc(C(=C2CCC(C)CC2)c2ccc([C@@H](C)NC(=O)c3cccc(C4CCOCC4)c3)cc2)cc1. The summed E-state index contributed by atoms with van der Waals surface area (Å²) >= 11 is 0. The molecule has 1 amide bonds. The van der Waals surface area contributed by atoms with Crippen LogP contribution in [0.1, 0.15) is 103 Å². The van der Waals surface area contributed by atoms with Gasteiger partial charge >= 0.3 is 0 Å². The number of benzene rings is 3. The lowest BCUT2D eigenvalue weighted by atomic mass is 9.81. The summed E-state index contributed by atoms with van der Waals surface area (Å²) in [6.45, 7) is 8.18. The van der Waals surface area contributed by atoms with Crippen LogP contribution in [-0.2, 0) is 4.74 Å². The van der Waals surface area contributed by atoms with Gasteiger partial charge in [-0.3, -0.25) is 4.79 Å². The number of aryl methyl sites for hydroxylation is 1. The van der Waals surface area contributed by atoms with Gasteiger partial charge in [-0.2, -0.15) is 0 Å². The Morgan fingerprint density at radius 1 is 0.842 bits per heavy atom. The number of amides is 1. The molecule has 5 rings (SSSR count). The lowest BCUT2D eigenvalue weighted by Crippen LogP contribution is -2.26. The van der Waals surface area contributed by atoms with Crippen LogP contribution in [0.15, 0.2) is 78.4 Å². The van der Waals surface area contributed by atoms with Crippen LogP contribution in [0.4, 0.5) is 0 Å². The summed E-state index contributed by atoms with van der Waals surface area (Å²) in [5.41, 5.74) is 9.92. The maximum Gasteiger partial charge on any atom is 0.251 e. The van der Waals surface area contributed by atoms with Crippen molar-refractivity contribution in [1.29, 1.82) is 0 Å². The van der Waals surface area contributed by atoms with Crippen LogP contribution in [0, 0.1) is 12.8 Å². The molecule has 0 bridgehead atoms. The van der Waals surface area contributed by atoms with Gasteiger partial charge in [0.25, 0.3) is 5.91 Å². The molecule has 3 nitrogen and oxygen atoms in total. The second kappa shape index (κ2) is 12.1. The van der Waals surface area contributed by atoms with E-state index in [1.807, 2.05) is 12.1 Å². The number of allylic oxidation sites excluding steroid dienone is 1. The predicted molar refractivity (Wildman–Crippen MR) is 156 cm³/mol. The summed E-state index contributed by atoms with van der Waals surface area (Å²) in [7, 11) is 0. The Labute approximate surface area is 228 Å². The maximum absolute atomic E-state index is 13.1. The monoisotopic (exact) mass is 507 g/mol. The van der Waals surface area contributed by atoms with Gasteiger partial charge in [0.05, 0.1) is 6.04 Å². The molecule has 0 spiro atoms. The minimum absolute atomic E-state index is 0.0192. The average molecular weight is 508 g/mol. The van der Waals surface area contributed by atoms with E-state index >= 15 is 0 Å². The first-order valence-electron chi connectivity index (χ1n) is 14.4. The van der Waals surface area contributed by atoms with Crippen LogP contribution >= 0.6 is 0 Å². The van der Waals surface area contributed by atoms with Crippen molar-refractivity contribution in [2.45, 2.75) is 71.3 Å². The van der Waals surface area contributed by atoms with Crippen molar-refractivity contribution in [3.63, 3.8) is 0 Å². The van der Waals surface area contributed by atoms with Crippen molar-refractivity contribution >= 4 is 11.5 Å². The molecule has 0 radical (unpaired) electrons. The van der Waals surface area contributed by atoms with Crippen molar-refractivity contribution in [2.24, 2.45) is 5.92 Å². The number of hydrogen-bond acceptors (Lipinski definition) is 2. The quantitative estimate of drug-likeness (QED) is 0.364. The summed E-state index contributed by atoms with van der Waals surface area (Å²) in [4.78, 5) is 13.1. The highest BCUT2D eigenvalue weighted by molar-refractivity contribution is 5.94. The van der Waals surface area contributed by atoms with E-state index in [1.54, 1.807) is 5.57 Å². The topological polar surface area (TPSA) is 38.3 Å². The largest absolute Gasteiger partial charge is 0.381 e. The first kappa shape index (κ1) is 26.4. The second-order valence-corrected chi connectivity index (χ2v) is 11.4. The Bertz CT molecular complexity index is 1260. The van der Waals surface area contributed by atoms with Gasteiger partial charge in [-0.05, 0) is 104 Å². The van der Waals surface area contributed by atoms with Gasteiger partial charge < -0.3 is 10.1 Å². The molecule has 1 N–H and O–H groups in total. The number of carbonyl (C=O) groups is 1. The van der Waals surface area contributed by atoms with Crippen LogP contribution in [-0.4, -0.2) is 19.1 Å². The zero-order valence-corrected chi connectivity index (χ0v) is 23.1. The Balaban J connectivity index is 1.32. The molecular weight excluding hydrogens is 466 g/mol. The molecule has 0 aromatic heterocycles. The van der Waals surface area contributed by atoms with E-state index < -0.39 is 0 Å². The molecule has 198 valence electrons. The zero-order valence-electron chi connectivity index (χ0n) is 23.1. The fourth-order valence-electron chi connectivity index (χ4n) is 5.92. The Kier molecular flexibility index (Phi) is 8.44. The maximum atomic E-state index is 13.1. The van der Waals surface area contributed by atoms with E-state index in [0.29, 0.717) is 5.92 Å². The first-order valence-corrected chi connectivity index (χ1v) is 14.4. The summed E-state index contributed by atoms with van der Waals surface area (Å²) in [5, 5.41) is 3.22. The molecule has 38 heavy (non-hydrogen) atoms. The third-order valence-electron chi connectivity index (χ3n) is 8.46. The number of rotatable bonds is 6. The van der Waals surface area contributed by atoms with Gasteiger partial charge in [0.1, 0.15) is 0 Å². The van der Waals surface area contributed by atoms with Crippen LogP contribution < -0.4 is 5.32 Å². The highest BCUT2D eigenvalue weighted by atomic mass is 16.5. The minimum atomic E-state index is -0.0747. The first-order chi connectivity index (χ1) is 18.5. The van der Waals surface area contributed by atoms with Crippen LogP contribution in [0.3, 0.4) is 0 Å². The number of ether oxygens (including phenoxy) is 1. The molecule has 1 heterocycles. The van der Waals surface area contributed by atoms with Crippen LogP contribution in [0.2, 0.25) is 0 Å².